The first-order valence-corrected chi connectivity index (χ1v) is 5.22. The third kappa shape index (κ3) is 1.85. The van der Waals surface area contributed by atoms with Gasteiger partial charge in [0, 0.05) is 12.6 Å². The molecule has 0 radical (unpaired) electrons. The topological polar surface area (TPSA) is 46.3 Å². The molecule has 1 saturated heterocycles. The lowest BCUT2D eigenvalue weighted by atomic mass is 10.1. The molecule has 2 N–H and O–H groups in total. The van der Waals surface area contributed by atoms with Crippen molar-refractivity contribution in [3.05, 3.63) is 0 Å². The minimum Gasteiger partial charge on any atom is -0.369 e. The smallest absolute Gasteiger partial charge is 0.221 e. The Morgan fingerprint density at radius 2 is 2.15 bits per heavy atom. The van der Waals surface area contributed by atoms with Crippen LogP contribution in [-0.4, -0.2) is 29.9 Å². The fourth-order valence-corrected chi connectivity index (χ4v) is 2.27. The first-order valence-electron chi connectivity index (χ1n) is 5.22. The first kappa shape index (κ1) is 9.00. The SMILES string of the molecule is CC(C1CC1)N1CCC(C(N)=O)C1. The number of amides is 1. The van der Waals surface area contributed by atoms with Crippen molar-refractivity contribution in [1.82, 2.24) is 4.90 Å². The maximum atomic E-state index is 11.0. The van der Waals surface area contributed by atoms with E-state index in [0.29, 0.717) is 6.04 Å². The van der Waals surface area contributed by atoms with Crippen molar-refractivity contribution < 1.29 is 4.79 Å². The molecule has 2 atom stereocenters. The molecule has 2 fully saturated rings. The van der Waals surface area contributed by atoms with Crippen molar-refractivity contribution in [1.29, 1.82) is 0 Å². The number of hydrogen-bond donors (Lipinski definition) is 1. The standard InChI is InChI=1S/C10H18N2O/c1-7(8-2-3-8)12-5-4-9(6-12)10(11)13/h7-9H,2-6H2,1H3,(H2,11,13). The van der Waals surface area contributed by atoms with Gasteiger partial charge in [-0.15, -0.1) is 0 Å². The number of likely N-dealkylation sites (tertiary alicyclic amines) is 1. The zero-order chi connectivity index (χ0) is 9.42. The number of nitrogens with two attached hydrogens (primary N) is 1. The Kier molecular flexibility index (Phi) is 2.28. The van der Waals surface area contributed by atoms with E-state index in [4.69, 9.17) is 5.73 Å². The normalized spacial score (nSPS) is 31.9. The highest BCUT2D eigenvalue weighted by atomic mass is 16.1. The average molecular weight is 182 g/mol. The van der Waals surface area contributed by atoms with Crippen LogP contribution < -0.4 is 5.73 Å². The molecule has 1 aliphatic carbocycles. The second kappa shape index (κ2) is 3.29. The van der Waals surface area contributed by atoms with Gasteiger partial charge in [0.05, 0.1) is 5.92 Å². The second-order valence-corrected chi connectivity index (χ2v) is 4.46. The summed E-state index contributed by atoms with van der Waals surface area (Å²) >= 11 is 0. The Hall–Kier alpha value is -0.570. The van der Waals surface area contributed by atoms with Crippen LogP contribution in [0.1, 0.15) is 26.2 Å². The highest BCUT2D eigenvalue weighted by Gasteiger charge is 2.36. The lowest BCUT2D eigenvalue weighted by Gasteiger charge is -2.23. The number of nitrogens with zero attached hydrogens (tertiary/aromatic N) is 1. The summed E-state index contributed by atoms with van der Waals surface area (Å²) in [7, 11) is 0. The van der Waals surface area contributed by atoms with E-state index in [9.17, 15) is 4.79 Å². The molecule has 1 amide bonds. The highest BCUT2D eigenvalue weighted by Crippen LogP contribution is 2.36. The van der Waals surface area contributed by atoms with Gasteiger partial charge in [-0.1, -0.05) is 0 Å². The molecule has 0 spiro atoms. The van der Waals surface area contributed by atoms with Gasteiger partial charge in [-0.05, 0) is 38.6 Å². The Morgan fingerprint density at radius 1 is 1.46 bits per heavy atom. The van der Waals surface area contributed by atoms with E-state index in [-0.39, 0.29) is 11.8 Å². The summed E-state index contributed by atoms with van der Waals surface area (Å²) in [6.07, 6.45) is 3.71. The molecular formula is C10H18N2O. The van der Waals surface area contributed by atoms with Crippen molar-refractivity contribution >= 4 is 5.91 Å². The first-order chi connectivity index (χ1) is 6.18. The molecular weight excluding hydrogens is 164 g/mol. The maximum absolute atomic E-state index is 11.0. The quantitative estimate of drug-likeness (QED) is 0.694. The molecule has 0 aromatic carbocycles. The molecule has 0 aromatic heterocycles. The van der Waals surface area contributed by atoms with Gasteiger partial charge >= 0.3 is 0 Å². The molecule has 1 saturated carbocycles. The minimum atomic E-state index is -0.120. The fourth-order valence-electron chi connectivity index (χ4n) is 2.27. The molecule has 3 nitrogen and oxygen atoms in total. The van der Waals surface area contributed by atoms with Gasteiger partial charge in [0.15, 0.2) is 0 Å². The van der Waals surface area contributed by atoms with Crippen LogP contribution in [0.2, 0.25) is 0 Å². The van der Waals surface area contributed by atoms with Gasteiger partial charge in [0.2, 0.25) is 5.91 Å². The van der Waals surface area contributed by atoms with Gasteiger partial charge in [-0.3, -0.25) is 9.69 Å². The van der Waals surface area contributed by atoms with E-state index in [1.54, 1.807) is 0 Å². The van der Waals surface area contributed by atoms with Crippen LogP contribution in [0.3, 0.4) is 0 Å². The van der Waals surface area contributed by atoms with Crippen LogP contribution in [0.5, 0.6) is 0 Å². The molecule has 2 aliphatic rings. The predicted octanol–water partition coefficient (Wildman–Crippen LogP) is 0.592. The molecule has 2 rings (SSSR count). The molecule has 0 bridgehead atoms. The summed E-state index contributed by atoms with van der Waals surface area (Å²) < 4.78 is 0. The van der Waals surface area contributed by atoms with E-state index < -0.39 is 0 Å². The summed E-state index contributed by atoms with van der Waals surface area (Å²) in [5.74, 6) is 0.887. The van der Waals surface area contributed by atoms with E-state index in [1.807, 2.05) is 0 Å². The lowest BCUT2D eigenvalue weighted by molar-refractivity contribution is -0.121. The van der Waals surface area contributed by atoms with Crippen LogP contribution in [0.4, 0.5) is 0 Å². The highest BCUT2D eigenvalue weighted by molar-refractivity contribution is 5.77. The maximum Gasteiger partial charge on any atom is 0.221 e. The van der Waals surface area contributed by atoms with Crippen molar-refractivity contribution in [2.75, 3.05) is 13.1 Å². The molecule has 74 valence electrons. The van der Waals surface area contributed by atoms with Gasteiger partial charge in [-0.2, -0.15) is 0 Å². The van der Waals surface area contributed by atoms with E-state index >= 15 is 0 Å². The van der Waals surface area contributed by atoms with Crippen LogP contribution in [0.15, 0.2) is 0 Å². The largest absolute Gasteiger partial charge is 0.369 e. The summed E-state index contributed by atoms with van der Waals surface area (Å²) in [5, 5.41) is 0. The van der Waals surface area contributed by atoms with E-state index in [1.165, 1.54) is 12.8 Å². The predicted molar refractivity (Wildman–Crippen MR) is 51.1 cm³/mol. The van der Waals surface area contributed by atoms with Crippen molar-refractivity contribution in [2.45, 2.75) is 32.2 Å². The van der Waals surface area contributed by atoms with Crippen LogP contribution in [0.25, 0.3) is 0 Å². The number of carbonyl (C=O) groups excluding carboxylic acids is 1. The molecule has 2 unspecified atom stereocenters. The van der Waals surface area contributed by atoms with Crippen molar-refractivity contribution in [2.24, 2.45) is 17.6 Å². The molecule has 13 heavy (non-hydrogen) atoms. The number of rotatable bonds is 3. The summed E-state index contributed by atoms with van der Waals surface area (Å²) in [4.78, 5) is 13.4. The minimum absolute atomic E-state index is 0.112. The van der Waals surface area contributed by atoms with Crippen LogP contribution >= 0.6 is 0 Å². The zero-order valence-electron chi connectivity index (χ0n) is 8.20. The molecule has 3 heteroatoms. The Balaban J connectivity index is 1.86. The van der Waals surface area contributed by atoms with E-state index in [0.717, 1.165) is 25.4 Å². The average Bonchev–Trinajstić information content (AvgIpc) is 2.81. The van der Waals surface area contributed by atoms with Crippen LogP contribution in [0, 0.1) is 11.8 Å². The van der Waals surface area contributed by atoms with Gasteiger partial charge in [0.1, 0.15) is 0 Å². The van der Waals surface area contributed by atoms with Crippen LogP contribution in [-0.2, 0) is 4.79 Å². The van der Waals surface area contributed by atoms with Gasteiger partial charge in [0.25, 0.3) is 0 Å². The van der Waals surface area contributed by atoms with Gasteiger partial charge in [-0.25, -0.2) is 0 Å². The van der Waals surface area contributed by atoms with E-state index in [2.05, 4.69) is 11.8 Å². The van der Waals surface area contributed by atoms with Crippen molar-refractivity contribution in [3.63, 3.8) is 0 Å². The van der Waals surface area contributed by atoms with Crippen molar-refractivity contribution in [3.8, 4) is 0 Å². The second-order valence-electron chi connectivity index (χ2n) is 4.46. The van der Waals surface area contributed by atoms with Gasteiger partial charge < -0.3 is 5.73 Å². The fraction of sp³-hybridized carbons (Fsp3) is 0.900. The summed E-state index contributed by atoms with van der Waals surface area (Å²) in [6.45, 7) is 4.24. The Bertz CT molecular complexity index is 213. The zero-order valence-corrected chi connectivity index (χ0v) is 8.20. The molecule has 0 aromatic rings. The molecule has 1 heterocycles. The third-order valence-electron chi connectivity index (χ3n) is 3.50. The monoisotopic (exact) mass is 182 g/mol. The number of carbonyl (C=O) groups is 1. The number of primary amides is 1. The Labute approximate surface area is 79.3 Å². The summed E-state index contributed by atoms with van der Waals surface area (Å²) in [6, 6.07) is 0.671. The third-order valence-corrected chi connectivity index (χ3v) is 3.50. The Morgan fingerprint density at radius 3 is 2.62 bits per heavy atom. The number of hydrogen-bond acceptors (Lipinski definition) is 2. The molecule has 1 aliphatic heterocycles. The summed E-state index contributed by atoms with van der Waals surface area (Å²) in [5.41, 5.74) is 5.29. The lowest BCUT2D eigenvalue weighted by Crippen LogP contribution is -2.34.